The molecule has 1 amide bonds. The molecule has 0 spiro atoms. The average Bonchev–Trinajstić information content (AvgIpc) is 3.50. The zero-order chi connectivity index (χ0) is 21.7. The van der Waals surface area contributed by atoms with E-state index in [0.717, 1.165) is 4.88 Å². The molecular weight excluding hydrogens is 438 g/mol. The Kier molecular flexibility index (Phi) is 4.72. The van der Waals surface area contributed by atoms with Crippen molar-refractivity contribution in [3.63, 3.8) is 0 Å². The van der Waals surface area contributed by atoms with Crippen LogP contribution in [0.15, 0.2) is 59.5 Å². The number of carbonyl (C=O) groups is 2. The summed E-state index contributed by atoms with van der Waals surface area (Å²) in [5.41, 5.74) is 1.59. The van der Waals surface area contributed by atoms with Crippen LogP contribution >= 0.6 is 22.9 Å². The highest BCUT2D eigenvalue weighted by Crippen LogP contribution is 2.45. The van der Waals surface area contributed by atoms with Gasteiger partial charge in [0.25, 0.3) is 11.7 Å². The molecule has 2 aliphatic heterocycles. The summed E-state index contributed by atoms with van der Waals surface area (Å²) in [7, 11) is 0. The number of ether oxygens (including phenoxy) is 2. The number of rotatable bonds is 3. The van der Waals surface area contributed by atoms with Crippen molar-refractivity contribution in [3.8, 4) is 11.5 Å². The highest BCUT2D eigenvalue weighted by molar-refractivity contribution is 7.10. The number of benzene rings is 2. The zero-order valence-corrected chi connectivity index (χ0v) is 17.9. The Labute approximate surface area is 186 Å². The van der Waals surface area contributed by atoms with Crippen molar-refractivity contribution in [1.29, 1.82) is 0 Å². The second-order valence-corrected chi connectivity index (χ2v) is 8.52. The van der Waals surface area contributed by atoms with Gasteiger partial charge in [0, 0.05) is 21.2 Å². The van der Waals surface area contributed by atoms with Gasteiger partial charge in [-0.1, -0.05) is 23.7 Å². The number of aliphatic hydroxyl groups excluding tert-OH is 1. The first-order valence-corrected chi connectivity index (χ1v) is 10.7. The molecule has 1 fully saturated rings. The minimum atomic E-state index is -0.775. The van der Waals surface area contributed by atoms with Gasteiger partial charge in [-0.05, 0) is 54.3 Å². The molecule has 0 bridgehead atoms. The van der Waals surface area contributed by atoms with Crippen LogP contribution in [-0.2, 0) is 9.59 Å². The summed E-state index contributed by atoms with van der Waals surface area (Å²) in [6, 6.07) is 13.0. The summed E-state index contributed by atoms with van der Waals surface area (Å²) < 4.78 is 10.7. The molecule has 156 valence electrons. The summed E-state index contributed by atoms with van der Waals surface area (Å²) in [5, 5.41) is 13.5. The van der Waals surface area contributed by atoms with Gasteiger partial charge in [0.15, 0.2) is 11.5 Å². The highest BCUT2D eigenvalue weighted by Gasteiger charge is 2.48. The number of hydrogen-bond acceptors (Lipinski definition) is 6. The van der Waals surface area contributed by atoms with E-state index in [0.29, 0.717) is 33.3 Å². The first-order chi connectivity index (χ1) is 15.0. The molecule has 5 rings (SSSR count). The maximum Gasteiger partial charge on any atom is 0.300 e. The average molecular weight is 454 g/mol. The predicted molar refractivity (Wildman–Crippen MR) is 118 cm³/mol. The van der Waals surface area contributed by atoms with Crippen molar-refractivity contribution >= 4 is 46.1 Å². The quantitative estimate of drug-likeness (QED) is 0.340. The van der Waals surface area contributed by atoms with Crippen molar-refractivity contribution in [2.75, 3.05) is 11.7 Å². The van der Waals surface area contributed by atoms with Crippen molar-refractivity contribution in [1.82, 2.24) is 0 Å². The van der Waals surface area contributed by atoms with Crippen molar-refractivity contribution in [2.45, 2.75) is 13.0 Å². The number of carbonyl (C=O) groups excluding carboxylic acids is 2. The largest absolute Gasteiger partial charge is 0.507 e. The van der Waals surface area contributed by atoms with E-state index in [1.807, 2.05) is 17.5 Å². The van der Waals surface area contributed by atoms with Crippen LogP contribution in [0.4, 0.5) is 5.69 Å². The Bertz CT molecular complexity index is 1250. The first kappa shape index (κ1) is 19.7. The monoisotopic (exact) mass is 453 g/mol. The molecule has 1 atom stereocenters. The van der Waals surface area contributed by atoms with E-state index in [-0.39, 0.29) is 18.1 Å². The standard InChI is InChI=1S/C23H16ClNO5S/c1-12-14(24)4-2-5-15(12)25-20(18-6-3-9-31-18)19(22(27)23(25)28)21(26)13-7-8-16-17(10-13)30-11-29-16/h2-10,20,26H,11H2,1H3/b21-19-. The van der Waals surface area contributed by atoms with Crippen molar-refractivity contribution < 1.29 is 24.2 Å². The molecule has 0 aliphatic carbocycles. The molecule has 1 saturated heterocycles. The van der Waals surface area contributed by atoms with E-state index >= 15 is 0 Å². The maximum absolute atomic E-state index is 13.2. The lowest BCUT2D eigenvalue weighted by Crippen LogP contribution is -2.29. The second-order valence-electron chi connectivity index (χ2n) is 7.14. The number of Topliss-reactive ketones (excluding diaryl/α,β-unsaturated/α-hetero) is 1. The van der Waals surface area contributed by atoms with Crippen LogP contribution in [0.3, 0.4) is 0 Å². The number of hydrogen-bond donors (Lipinski definition) is 1. The van der Waals surface area contributed by atoms with Gasteiger partial charge in [0.2, 0.25) is 6.79 Å². The number of aliphatic hydroxyl groups is 1. The summed E-state index contributed by atoms with van der Waals surface area (Å²) >= 11 is 7.69. The molecule has 2 aliphatic rings. The Hall–Kier alpha value is -3.29. The third kappa shape index (κ3) is 3.08. The molecule has 2 aromatic carbocycles. The fourth-order valence-electron chi connectivity index (χ4n) is 3.85. The number of amides is 1. The van der Waals surface area contributed by atoms with Gasteiger partial charge in [-0.25, -0.2) is 0 Å². The van der Waals surface area contributed by atoms with Crippen LogP contribution in [0.1, 0.15) is 22.0 Å². The fourth-order valence-corrected chi connectivity index (χ4v) is 4.85. The van der Waals surface area contributed by atoms with E-state index in [4.69, 9.17) is 21.1 Å². The Balaban J connectivity index is 1.71. The number of halogens is 1. The van der Waals surface area contributed by atoms with Gasteiger partial charge in [-0.2, -0.15) is 0 Å². The van der Waals surface area contributed by atoms with Crippen LogP contribution < -0.4 is 14.4 Å². The molecule has 3 aromatic rings. The molecule has 31 heavy (non-hydrogen) atoms. The number of nitrogens with zero attached hydrogens (tertiary/aromatic N) is 1. The van der Waals surface area contributed by atoms with Crippen LogP contribution in [0.5, 0.6) is 11.5 Å². The Morgan fingerprint density at radius 2 is 1.94 bits per heavy atom. The molecule has 1 aromatic heterocycles. The SMILES string of the molecule is Cc1c(Cl)cccc1N1C(=O)C(=O)/C(=C(\O)c2ccc3c(c2)OCO3)C1c1cccs1. The lowest BCUT2D eigenvalue weighted by molar-refractivity contribution is -0.132. The van der Waals surface area contributed by atoms with Gasteiger partial charge in [-0.3, -0.25) is 14.5 Å². The van der Waals surface area contributed by atoms with Gasteiger partial charge in [0.1, 0.15) is 11.8 Å². The molecule has 1 N–H and O–H groups in total. The van der Waals surface area contributed by atoms with Crippen LogP contribution in [0, 0.1) is 6.92 Å². The molecule has 3 heterocycles. The van der Waals surface area contributed by atoms with Crippen molar-refractivity contribution in [3.05, 3.63) is 80.5 Å². The van der Waals surface area contributed by atoms with Gasteiger partial charge in [0.05, 0.1) is 5.57 Å². The third-order valence-electron chi connectivity index (χ3n) is 5.40. The van der Waals surface area contributed by atoms with E-state index in [2.05, 4.69) is 0 Å². The van der Waals surface area contributed by atoms with Gasteiger partial charge < -0.3 is 14.6 Å². The summed E-state index contributed by atoms with van der Waals surface area (Å²) in [6.45, 7) is 1.88. The van der Waals surface area contributed by atoms with Crippen LogP contribution in [-0.4, -0.2) is 23.6 Å². The van der Waals surface area contributed by atoms with Crippen LogP contribution in [0.25, 0.3) is 5.76 Å². The summed E-state index contributed by atoms with van der Waals surface area (Å²) in [4.78, 5) is 28.5. The van der Waals surface area contributed by atoms with Crippen molar-refractivity contribution in [2.24, 2.45) is 0 Å². The van der Waals surface area contributed by atoms with Gasteiger partial charge in [-0.15, -0.1) is 11.3 Å². The fraction of sp³-hybridized carbons (Fsp3) is 0.130. The third-order valence-corrected chi connectivity index (χ3v) is 6.74. The number of fused-ring (bicyclic) bond motifs is 1. The Morgan fingerprint density at radius 1 is 1.13 bits per heavy atom. The van der Waals surface area contributed by atoms with Crippen LogP contribution in [0.2, 0.25) is 5.02 Å². The molecular formula is C23H16ClNO5S. The zero-order valence-electron chi connectivity index (χ0n) is 16.3. The normalized spacial score (nSPS) is 19.3. The van der Waals surface area contributed by atoms with E-state index < -0.39 is 17.7 Å². The number of ketones is 1. The summed E-state index contributed by atoms with van der Waals surface area (Å²) in [6.07, 6.45) is 0. The Morgan fingerprint density at radius 3 is 2.71 bits per heavy atom. The lowest BCUT2D eigenvalue weighted by atomic mass is 9.99. The van der Waals surface area contributed by atoms with Gasteiger partial charge >= 0.3 is 0 Å². The number of thiophene rings is 1. The second kappa shape index (κ2) is 7.44. The predicted octanol–water partition coefficient (Wildman–Crippen LogP) is 5.06. The lowest BCUT2D eigenvalue weighted by Gasteiger charge is -2.26. The minimum Gasteiger partial charge on any atom is -0.507 e. The number of anilines is 1. The smallest absolute Gasteiger partial charge is 0.300 e. The van der Waals surface area contributed by atoms with E-state index in [1.54, 1.807) is 43.3 Å². The molecule has 0 radical (unpaired) electrons. The maximum atomic E-state index is 13.2. The topological polar surface area (TPSA) is 76.1 Å². The van der Waals surface area contributed by atoms with E-state index in [9.17, 15) is 14.7 Å². The minimum absolute atomic E-state index is 0.0192. The molecule has 1 unspecified atom stereocenters. The molecule has 8 heteroatoms. The molecule has 6 nitrogen and oxygen atoms in total. The molecule has 0 saturated carbocycles. The van der Waals surface area contributed by atoms with E-state index in [1.165, 1.54) is 16.2 Å². The highest BCUT2D eigenvalue weighted by atomic mass is 35.5. The summed E-state index contributed by atoms with van der Waals surface area (Å²) in [5.74, 6) is -0.714. The first-order valence-electron chi connectivity index (χ1n) is 9.47.